The third kappa shape index (κ3) is 5.38. The van der Waals surface area contributed by atoms with Crippen molar-refractivity contribution in [3.8, 4) is 0 Å². The van der Waals surface area contributed by atoms with Gasteiger partial charge in [0.15, 0.2) is 9.84 Å². The molecule has 0 radical (unpaired) electrons. The minimum atomic E-state index is -3.21. The van der Waals surface area contributed by atoms with Gasteiger partial charge in [-0.15, -0.1) is 0 Å². The summed E-state index contributed by atoms with van der Waals surface area (Å²) in [4.78, 5) is 5.07. The van der Waals surface area contributed by atoms with Gasteiger partial charge in [0.25, 0.3) is 0 Å². The van der Waals surface area contributed by atoms with Crippen LogP contribution in [0, 0.1) is 0 Å². The van der Waals surface area contributed by atoms with E-state index in [4.69, 9.17) is 0 Å². The van der Waals surface area contributed by atoms with Crippen LogP contribution in [-0.4, -0.2) is 56.7 Å². The highest BCUT2D eigenvalue weighted by atomic mass is 79.9. The quantitative estimate of drug-likeness (QED) is 0.716. The molecule has 1 fully saturated rings. The second-order valence-corrected chi connectivity index (χ2v) is 9.40. The maximum Gasteiger partial charge on any atom is 0.179 e. The van der Waals surface area contributed by atoms with E-state index < -0.39 is 9.84 Å². The van der Waals surface area contributed by atoms with Crippen LogP contribution in [0.4, 0.5) is 0 Å². The predicted octanol–water partition coefficient (Wildman–Crippen LogP) is 3.04. The summed E-state index contributed by atoms with van der Waals surface area (Å²) in [6.07, 6.45) is 0. The Balaban J connectivity index is 1.47. The molecule has 0 amide bonds. The molecule has 0 N–H and O–H groups in total. The summed E-state index contributed by atoms with van der Waals surface area (Å²) in [7, 11) is -3.21. The summed E-state index contributed by atoms with van der Waals surface area (Å²) in [5, 5.41) is 0. The first kappa shape index (κ1) is 18.6. The SMILES string of the molecule is O=S(=O)(CCN1CCN(Cc2ccccc2)CC1)c1ccc(Br)cc1. The summed E-state index contributed by atoms with van der Waals surface area (Å²) in [6, 6.07) is 17.3. The van der Waals surface area contributed by atoms with Crippen molar-refractivity contribution in [2.75, 3.05) is 38.5 Å². The van der Waals surface area contributed by atoms with E-state index in [9.17, 15) is 8.42 Å². The van der Waals surface area contributed by atoms with Crippen LogP contribution in [0.1, 0.15) is 5.56 Å². The first-order valence-electron chi connectivity index (χ1n) is 8.50. The van der Waals surface area contributed by atoms with Crippen LogP contribution in [-0.2, 0) is 16.4 Å². The molecule has 0 aliphatic carbocycles. The Kier molecular flexibility index (Phi) is 6.28. The van der Waals surface area contributed by atoms with E-state index in [0.29, 0.717) is 11.4 Å². The van der Waals surface area contributed by atoms with Crippen molar-refractivity contribution >= 4 is 25.8 Å². The molecule has 4 nitrogen and oxygen atoms in total. The monoisotopic (exact) mass is 422 g/mol. The summed E-state index contributed by atoms with van der Waals surface area (Å²) in [5.41, 5.74) is 1.33. The minimum absolute atomic E-state index is 0.174. The number of piperazine rings is 1. The molecule has 6 heteroatoms. The average molecular weight is 423 g/mol. The van der Waals surface area contributed by atoms with Gasteiger partial charge >= 0.3 is 0 Å². The minimum Gasteiger partial charge on any atom is -0.300 e. The molecule has 1 saturated heterocycles. The van der Waals surface area contributed by atoms with Gasteiger partial charge in [-0.2, -0.15) is 0 Å². The highest BCUT2D eigenvalue weighted by Gasteiger charge is 2.20. The molecule has 0 saturated carbocycles. The van der Waals surface area contributed by atoms with Gasteiger partial charge in [-0.1, -0.05) is 46.3 Å². The Morgan fingerprint density at radius 3 is 2.08 bits per heavy atom. The fourth-order valence-electron chi connectivity index (χ4n) is 3.02. The van der Waals surface area contributed by atoms with E-state index in [-0.39, 0.29) is 5.75 Å². The predicted molar refractivity (Wildman–Crippen MR) is 104 cm³/mol. The molecule has 0 atom stereocenters. The van der Waals surface area contributed by atoms with Gasteiger partial charge in [0.2, 0.25) is 0 Å². The van der Waals surface area contributed by atoms with Gasteiger partial charge in [0.05, 0.1) is 10.6 Å². The maximum absolute atomic E-state index is 12.4. The first-order valence-corrected chi connectivity index (χ1v) is 10.9. The molecule has 0 unspecified atom stereocenters. The Morgan fingerprint density at radius 2 is 1.44 bits per heavy atom. The molecule has 2 aromatic carbocycles. The summed E-state index contributed by atoms with van der Waals surface area (Å²) in [5.74, 6) is 0.174. The van der Waals surface area contributed by atoms with Gasteiger partial charge in [-0.3, -0.25) is 9.80 Å². The van der Waals surface area contributed by atoms with Crippen LogP contribution >= 0.6 is 15.9 Å². The normalized spacial score (nSPS) is 16.8. The lowest BCUT2D eigenvalue weighted by Gasteiger charge is -2.34. The molecular weight excluding hydrogens is 400 g/mol. The maximum atomic E-state index is 12.4. The smallest absolute Gasteiger partial charge is 0.179 e. The molecule has 0 bridgehead atoms. The number of nitrogens with zero attached hydrogens (tertiary/aromatic N) is 2. The van der Waals surface area contributed by atoms with Crippen LogP contribution in [0.5, 0.6) is 0 Å². The topological polar surface area (TPSA) is 40.6 Å². The first-order chi connectivity index (χ1) is 12.0. The molecule has 134 valence electrons. The van der Waals surface area contributed by atoms with Gasteiger partial charge < -0.3 is 0 Å². The van der Waals surface area contributed by atoms with E-state index in [1.807, 2.05) is 6.07 Å². The molecule has 0 aromatic heterocycles. The highest BCUT2D eigenvalue weighted by Crippen LogP contribution is 2.16. The highest BCUT2D eigenvalue weighted by molar-refractivity contribution is 9.10. The summed E-state index contributed by atoms with van der Waals surface area (Å²) in [6.45, 7) is 5.36. The number of hydrogen-bond donors (Lipinski definition) is 0. The van der Waals surface area contributed by atoms with Crippen molar-refractivity contribution in [3.05, 3.63) is 64.6 Å². The second kappa shape index (κ2) is 8.45. The molecule has 3 rings (SSSR count). The van der Waals surface area contributed by atoms with E-state index in [2.05, 4.69) is 50.0 Å². The zero-order valence-electron chi connectivity index (χ0n) is 14.1. The van der Waals surface area contributed by atoms with Crippen molar-refractivity contribution in [1.82, 2.24) is 9.80 Å². The Labute approximate surface area is 158 Å². The number of hydrogen-bond acceptors (Lipinski definition) is 4. The molecule has 0 spiro atoms. The Hall–Kier alpha value is -1.21. The second-order valence-electron chi connectivity index (χ2n) is 6.38. The van der Waals surface area contributed by atoms with Crippen molar-refractivity contribution in [2.24, 2.45) is 0 Å². The van der Waals surface area contributed by atoms with Gasteiger partial charge in [-0.05, 0) is 29.8 Å². The van der Waals surface area contributed by atoms with Crippen molar-refractivity contribution in [3.63, 3.8) is 0 Å². The lowest BCUT2D eigenvalue weighted by Crippen LogP contribution is -2.47. The average Bonchev–Trinajstić information content (AvgIpc) is 2.62. The third-order valence-corrected chi connectivity index (χ3v) is 6.80. The standard InChI is InChI=1S/C19H23BrN2O2S/c20-18-6-8-19(9-7-18)25(23,24)15-14-21-10-12-22(13-11-21)16-17-4-2-1-3-5-17/h1-9H,10-16H2. The number of halogens is 1. The van der Waals surface area contributed by atoms with Gasteiger partial charge in [0.1, 0.15) is 0 Å². The Morgan fingerprint density at radius 1 is 0.840 bits per heavy atom. The Bertz CT molecular complexity index is 771. The third-order valence-electron chi connectivity index (χ3n) is 4.56. The van der Waals surface area contributed by atoms with Crippen molar-refractivity contribution in [1.29, 1.82) is 0 Å². The van der Waals surface area contributed by atoms with Crippen LogP contribution in [0.3, 0.4) is 0 Å². The largest absolute Gasteiger partial charge is 0.300 e. The number of rotatable bonds is 6. The van der Waals surface area contributed by atoms with Crippen LogP contribution in [0.2, 0.25) is 0 Å². The number of sulfone groups is 1. The lowest BCUT2D eigenvalue weighted by atomic mass is 10.2. The van der Waals surface area contributed by atoms with Crippen LogP contribution in [0.25, 0.3) is 0 Å². The zero-order valence-corrected chi connectivity index (χ0v) is 16.5. The number of benzene rings is 2. The van der Waals surface area contributed by atoms with Crippen LogP contribution in [0.15, 0.2) is 64.0 Å². The van der Waals surface area contributed by atoms with Crippen molar-refractivity contribution in [2.45, 2.75) is 11.4 Å². The zero-order chi connectivity index (χ0) is 17.7. The molecule has 1 aliphatic rings. The van der Waals surface area contributed by atoms with E-state index >= 15 is 0 Å². The molecule has 2 aromatic rings. The molecular formula is C19H23BrN2O2S. The lowest BCUT2D eigenvalue weighted by molar-refractivity contribution is 0.132. The van der Waals surface area contributed by atoms with Gasteiger partial charge in [-0.25, -0.2) is 8.42 Å². The van der Waals surface area contributed by atoms with Gasteiger partial charge in [0, 0.05) is 43.7 Å². The summed E-state index contributed by atoms with van der Waals surface area (Å²) >= 11 is 3.34. The van der Waals surface area contributed by atoms with Crippen LogP contribution < -0.4 is 0 Å². The fourth-order valence-corrected chi connectivity index (χ4v) is 4.57. The molecule has 1 heterocycles. The van der Waals surface area contributed by atoms with E-state index in [0.717, 1.165) is 37.2 Å². The summed E-state index contributed by atoms with van der Waals surface area (Å²) < 4.78 is 25.8. The van der Waals surface area contributed by atoms with E-state index in [1.54, 1.807) is 24.3 Å². The fraction of sp³-hybridized carbons (Fsp3) is 0.368. The molecule has 1 aliphatic heterocycles. The van der Waals surface area contributed by atoms with Crippen molar-refractivity contribution < 1.29 is 8.42 Å². The molecule has 25 heavy (non-hydrogen) atoms. The van der Waals surface area contributed by atoms with E-state index in [1.165, 1.54) is 5.56 Å².